The van der Waals surface area contributed by atoms with E-state index < -0.39 is 0 Å². The number of para-hydroxylation sites is 1. The maximum Gasteiger partial charge on any atom is 0.168 e. The van der Waals surface area contributed by atoms with E-state index in [0.29, 0.717) is 6.04 Å². The summed E-state index contributed by atoms with van der Waals surface area (Å²) in [5, 5.41) is 11.9. The molecule has 2 heterocycles. The second kappa shape index (κ2) is 5.88. The summed E-state index contributed by atoms with van der Waals surface area (Å²) in [7, 11) is 1.94. The lowest BCUT2D eigenvalue weighted by Crippen LogP contribution is -2.29. The molecule has 108 valence electrons. The van der Waals surface area contributed by atoms with Gasteiger partial charge in [-0.2, -0.15) is 5.10 Å². The van der Waals surface area contributed by atoms with Gasteiger partial charge in [0.15, 0.2) is 5.65 Å². The Morgan fingerprint density at radius 1 is 1.19 bits per heavy atom. The van der Waals surface area contributed by atoms with Gasteiger partial charge in [-0.05, 0) is 26.1 Å². The molecule has 3 aromatic rings. The minimum atomic E-state index is 0.360. The molecule has 2 N–H and O–H groups in total. The van der Waals surface area contributed by atoms with E-state index in [1.165, 1.54) is 0 Å². The minimum absolute atomic E-state index is 0.360. The first-order valence-corrected chi connectivity index (χ1v) is 6.95. The van der Waals surface area contributed by atoms with Crippen LogP contribution in [-0.2, 0) is 0 Å². The summed E-state index contributed by atoms with van der Waals surface area (Å²) in [5.74, 6) is 0.810. The Morgan fingerprint density at radius 2 is 2.00 bits per heavy atom. The molecule has 0 aliphatic rings. The van der Waals surface area contributed by atoms with Crippen LogP contribution < -0.4 is 10.6 Å². The van der Waals surface area contributed by atoms with Crippen LogP contribution >= 0.6 is 0 Å². The van der Waals surface area contributed by atoms with Crippen LogP contribution in [0.2, 0.25) is 0 Å². The molecule has 6 nitrogen and oxygen atoms in total. The van der Waals surface area contributed by atoms with E-state index in [1.54, 1.807) is 12.5 Å². The van der Waals surface area contributed by atoms with Crippen LogP contribution in [0.5, 0.6) is 0 Å². The van der Waals surface area contributed by atoms with Gasteiger partial charge in [0.2, 0.25) is 0 Å². The molecule has 0 radical (unpaired) electrons. The molecule has 1 atom stereocenters. The van der Waals surface area contributed by atoms with Gasteiger partial charge in [-0.3, -0.25) is 0 Å². The summed E-state index contributed by atoms with van der Waals surface area (Å²) in [6, 6.07) is 10.3. The molecule has 1 unspecified atom stereocenters. The van der Waals surface area contributed by atoms with E-state index in [2.05, 4.69) is 32.6 Å². The summed E-state index contributed by atoms with van der Waals surface area (Å²) in [6.45, 7) is 2.90. The molecule has 2 aromatic heterocycles. The fraction of sp³-hybridized carbons (Fsp3) is 0.267. The molecule has 0 bridgehead atoms. The third-order valence-corrected chi connectivity index (χ3v) is 3.44. The van der Waals surface area contributed by atoms with Crippen molar-refractivity contribution in [2.75, 3.05) is 18.9 Å². The van der Waals surface area contributed by atoms with Crippen molar-refractivity contribution in [1.82, 2.24) is 25.1 Å². The number of likely N-dealkylation sites (N-methyl/N-ethyl adjacent to an activating group) is 1. The Labute approximate surface area is 123 Å². The number of anilines is 1. The fourth-order valence-electron chi connectivity index (χ4n) is 2.09. The van der Waals surface area contributed by atoms with Gasteiger partial charge < -0.3 is 10.6 Å². The highest BCUT2D eigenvalue weighted by molar-refractivity contribution is 5.87. The predicted octanol–water partition coefficient (Wildman–Crippen LogP) is 1.84. The number of hydrogen-bond donors (Lipinski definition) is 2. The number of benzene rings is 1. The van der Waals surface area contributed by atoms with Gasteiger partial charge >= 0.3 is 0 Å². The number of nitrogens with one attached hydrogen (secondary N) is 2. The smallest absolute Gasteiger partial charge is 0.168 e. The number of nitrogens with zero attached hydrogens (tertiary/aromatic N) is 4. The first-order chi connectivity index (χ1) is 10.3. The van der Waals surface area contributed by atoms with Crippen molar-refractivity contribution in [1.29, 1.82) is 0 Å². The van der Waals surface area contributed by atoms with Gasteiger partial charge in [-0.1, -0.05) is 18.2 Å². The molecular formula is C15H18N6. The van der Waals surface area contributed by atoms with Crippen LogP contribution in [0.1, 0.15) is 6.92 Å². The molecule has 0 fully saturated rings. The Bertz CT molecular complexity index is 721. The van der Waals surface area contributed by atoms with Gasteiger partial charge in [0.05, 0.1) is 17.3 Å². The monoisotopic (exact) mass is 282 g/mol. The van der Waals surface area contributed by atoms with Crippen LogP contribution in [0.25, 0.3) is 16.7 Å². The molecule has 0 spiro atoms. The minimum Gasteiger partial charge on any atom is -0.368 e. The number of fused-ring (bicyclic) bond motifs is 1. The lowest BCUT2D eigenvalue weighted by Gasteiger charge is -2.12. The van der Waals surface area contributed by atoms with Crippen molar-refractivity contribution in [3.05, 3.63) is 42.9 Å². The highest BCUT2D eigenvalue weighted by Gasteiger charge is 2.11. The average Bonchev–Trinajstić information content (AvgIpc) is 2.98. The third-order valence-electron chi connectivity index (χ3n) is 3.44. The number of aromatic nitrogens is 4. The molecule has 1 aromatic carbocycles. The first kappa shape index (κ1) is 13.5. The molecule has 3 rings (SSSR count). The van der Waals surface area contributed by atoms with Gasteiger partial charge in [-0.25, -0.2) is 14.6 Å². The Kier molecular flexibility index (Phi) is 3.79. The lowest BCUT2D eigenvalue weighted by atomic mass is 10.3. The second-order valence-electron chi connectivity index (χ2n) is 4.92. The summed E-state index contributed by atoms with van der Waals surface area (Å²) in [4.78, 5) is 8.68. The Morgan fingerprint density at radius 3 is 2.76 bits per heavy atom. The van der Waals surface area contributed by atoms with E-state index >= 15 is 0 Å². The zero-order chi connectivity index (χ0) is 14.7. The van der Waals surface area contributed by atoms with Crippen molar-refractivity contribution >= 4 is 16.9 Å². The molecular weight excluding hydrogens is 264 g/mol. The standard InChI is InChI=1S/C15H18N6/c1-11(16-2)8-17-14-13-9-20-21(15(13)19-10-18-14)12-6-4-3-5-7-12/h3-7,9-11,16H,8H2,1-2H3,(H,17,18,19). The van der Waals surface area contributed by atoms with Crippen LogP contribution in [0.4, 0.5) is 5.82 Å². The van der Waals surface area contributed by atoms with Crippen LogP contribution in [-0.4, -0.2) is 39.4 Å². The molecule has 0 aliphatic carbocycles. The highest BCUT2D eigenvalue weighted by Crippen LogP contribution is 2.21. The maximum absolute atomic E-state index is 4.43. The molecule has 6 heteroatoms. The van der Waals surface area contributed by atoms with Gasteiger partial charge in [0, 0.05) is 12.6 Å². The predicted molar refractivity (Wildman–Crippen MR) is 83.7 cm³/mol. The Balaban J connectivity index is 1.97. The summed E-state index contributed by atoms with van der Waals surface area (Å²) >= 11 is 0. The van der Waals surface area contributed by atoms with Crippen molar-refractivity contribution in [2.45, 2.75) is 13.0 Å². The van der Waals surface area contributed by atoms with E-state index in [-0.39, 0.29) is 0 Å². The summed E-state index contributed by atoms with van der Waals surface area (Å²) in [6.07, 6.45) is 3.37. The normalized spacial score (nSPS) is 12.5. The number of hydrogen-bond acceptors (Lipinski definition) is 5. The summed E-state index contributed by atoms with van der Waals surface area (Å²) in [5.41, 5.74) is 1.79. The van der Waals surface area contributed by atoms with E-state index in [9.17, 15) is 0 Å². The van der Waals surface area contributed by atoms with Crippen LogP contribution in [0.15, 0.2) is 42.9 Å². The SMILES string of the molecule is CNC(C)CNc1ncnc2c1cnn2-c1ccccc1. The van der Waals surface area contributed by atoms with Crippen molar-refractivity contribution in [3.63, 3.8) is 0 Å². The zero-order valence-electron chi connectivity index (χ0n) is 12.1. The second-order valence-corrected chi connectivity index (χ2v) is 4.92. The topological polar surface area (TPSA) is 67.7 Å². The average molecular weight is 282 g/mol. The molecule has 0 aliphatic heterocycles. The number of rotatable bonds is 5. The highest BCUT2D eigenvalue weighted by atomic mass is 15.3. The molecule has 21 heavy (non-hydrogen) atoms. The quantitative estimate of drug-likeness (QED) is 0.747. The van der Waals surface area contributed by atoms with Crippen molar-refractivity contribution < 1.29 is 0 Å². The van der Waals surface area contributed by atoms with Crippen molar-refractivity contribution in [3.8, 4) is 5.69 Å². The van der Waals surface area contributed by atoms with Crippen LogP contribution in [0, 0.1) is 0 Å². The Hall–Kier alpha value is -2.47. The van der Waals surface area contributed by atoms with Crippen LogP contribution in [0.3, 0.4) is 0 Å². The first-order valence-electron chi connectivity index (χ1n) is 6.95. The van der Waals surface area contributed by atoms with Crippen molar-refractivity contribution in [2.24, 2.45) is 0 Å². The lowest BCUT2D eigenvalue weighted by molar-refractivity contribution is 0.637. The molecule has 0 amide bonds. The van der Waals surface area contributed by atoms with Gasteiger partial charge in [0.1, 0.15) is 12.1 Å². The fourth-order valence-corrected chi connectivity index (χ4v) is 2.09. The van der Waals surface area contributed by atoms with Gasteiger partial charge in [-0.15, -0.1) is 0 Å². The van der Waals surface area contributed by atoms with E-state index in [4.69, 9.17) is 0 Å². The summed E-state index contributed by atoms with van der Waals surface area (Å²) < 4.78 is 1.82. The third kappa shape index (κ3) is 2.71. The zero-order valence-corrected chi connectivity index (χ0v) is 12.1. The van der Waals surface area contributed by atoms with E-state index in [1.807, 2.05) is 42.1 Å². The van der Waals surface area contributed by atoms with E-state index in [0.717, 1.165) is 29.1 Å². The van der Waals surface area contributed by atoms with Gasteiger partial charge in [0.25, 0.3) is 0 Å². The largest absolute Gasteiger partial charge is 0.368 e. The molecule has 0 saturated carbocycles. The maximum atomic E-state index is 4.43. The molecule has 0 saturated heterocycles.